The maximum absolute atomic E-state index is 10.7. The van der Waals surface area contributed by atoms with E-state index >= 15 is 0 Å². The highest BCUT2D eigenvalue weighted by Gasteiger charge is 2.05. The first-order chi connectivity index (χ1) is 5.24. The smallest absolute Gasteiger partial charge is 0.342 e. The summed E-state index contributed by atoms with van der Waals surface area (Å²) in [5, 5.41) is 0. The lowest BCUT2D eigenvalue weighted by molar-refractivity contribution is 0.0745. The maximum atomic E-state index is 10.7. The van der Waals surface area contributed by atoms with Gasteiger partial charge in [0.1, 0.15) is 17.6 Å². The zero-order chi connectivity index (χ0) is 8.27. The Morgan fingerprint density at radius 1 is 1.64 bits per heavy atom. The number of hydrogen-bond donors (Lipinski definition) is 0. The molecule has 0 amide bonds. The number of hydrogen-bond acceptors (Lipinski definition) is 3. The topological polar surface area (TPSA) is 39.2 Å². The van der Waals surface area contributed by atoms with E-state index in [-0.39, 0.29) is 5.69 Å². The lowest BCUT2D eigenvalue weighted by atomic mass is 10.3. The molecule has 0 aliphatic rings. The summed E-state index contributed by atoms with van der Waals surface area (Å²) < 4.78 is 3.95. The van der Waals surface area contributed by atoms with E-state index < -0.39 is 5.97 Å². The molecule has 0 aliphatic heterocycles. The Hall–Kier alpha value is -1.09. The van der Waals surface area contributed by atoms with Crippen LogP contribution in [0.3, 0.4) is 0 Å². The van der Waals surface area contributed by atoms with Crippen LogP contribution in [0.15, 0.2) is 18.3 Å². The summed E-state index contributed by atoms with van der Waals surface area (Å²) in [4.78, 5) is 14.5. The number of carbonyl (C=O) groups is 1. The minimum Gasteiger partial charge on any atom is -0.342 e. The van der Waals surface area contributed by atoms with Crippen molar-refractivity contribution in [3.63, 3.8) is 0 Å². The summed E-state index contributed by atoms with van der Waals surface area (Å²) in [7, 11) is 0. The zero-order valence-corrected chi connectivity index (χ0v) is 6.63. The van der Waals surface area contributed by atoms with Gasteiger partial charge in [-0.2, -0.15) is 0 Å². The van der Waals surface area contributed by atoms with Gasteiger partial charge < -0.3 is 4.29 Å². The molecule has 11 heavy (non-hydrogen) atoms. The van der Waals surface area contributed by atoms with Gasteiger partial charge in [0.15, 0.2) is 0 Å². The van der Waals surface area contributed by atoms with Gasteiger partial charge in [-0.3, -0.25) is 0 Å². The Labute approximate surface area is 69.1 Å². The molecule has 4 heteroatoms. The lowest BCUT2D eigenvalue weighted by Gasteiger charge is -1.94. The van der Waals surface area contributed by atoms with E-state index in [1.54, 1.807) is 18.3 Å². The van der Waals surface area contributed by atoms with Gasteiger partial charge in [-0.1, -0.05) is 6.07 Å². The van der Waals surface area contributed by atoms with Gasteiger partial charge in [-0.15, -0.1) is 0 Å². The van der Waals surface area contributed by atoms with Gasteiger partial charge in [0.05, 0.1) is 0 Å². The minimum atomic E-state index is -0.633. The fraction of sp³-hybridized carbons (Fsp3) is 0.143. The van der Waals surface area contributed by atoms with Crippen LogP contribution < -0.4 is 0 Å². The molecule has 0 saturated carbocycles. The monoisotopic (exact) mass is 171 g/mol. The maximum Gasteiger partial charge on any atom is 0.374 e. The van der Waals surface area contributed by atoms with Gasteiger partial charge in [-0.05, 0) is 18.6 Å². The molecule has 1 aromatic heterocycles. The summed E-state index contributed by atoms with van der Waals surface area (Å²) in [5.41, 5.74) is 1.20. The van der Waals surface area contributed by atoms with Gasteiger partial charge >= 0.3 is 5.97 Å². The number of aryl methyl sites for hydroxylation is 1. The Bertz CT molecular complexity index is 258. The van der Waals surface area contributed by atoms with E-state index in [1.165, 1.54) is 0 Å². The van der Waals surface area contributed by atoms with Crippen molar-refractivity contribution in [3.05, 3.63) is 29.6 Å². The normalized spacial score (nSPS) is 9.27. The Kier molecular flexibility index (Phi) is 2.44. The summed E-state index contributed by atoms with van der Waals surface area (Å²) in [6.45, 7) is 1.88. The molecule has 0 fully saturated rings. The summed E-state index contributed by atoms with van der Waals surface area (Å²) in [6.07, 6.45) is 1.57. The first-order valence-electron chi connectivity index (χ1n) is 2.99. The van der Waals surface area contributed by atoms with Crippen molar-refractivity contribution in [1.82, 2.24) is 4.98 Å². The van der Waals surface area contributed by atoms with E-state index in [4.69, 9.17) is 11.9 Å². The molecule has 0 radical (unpaired) electrons. The minimum absolute atomic E-state index is 0.214. The fourth-order valence-corrected chi connectivity index (χ4v) is 0.707. The quantitative estimate of drug-likeness (QED) is 0.646. The summed E-state index contributed by atoms with van der Waals surface area (Å²) in [6, 6.07) is 3.32. The molecule has 0 saturated heterocycles. The molecule has 0 unspecified atom stereocenters. The van der Waals surface area contributed by atoms with E-state index in [0.29, 0.717) is 0 Å². The van der Waals surface area contributed by atoms with Crippen LogP contribution in [0.4, 0.5) is 0 Å². The molecule has 1 aromatic rings. The third-order valence-corrected chi connectivity index (χ3v) is 1.33. The predicted octanol–water partition coefficient (Wildman–Crippen LogP) is 1.70. The van der Waals surface area contributed by atoms with Crippen LogP contribution in [0, 0.1) is 6.92 Å². The highest BCUT2D eigenvalue weighted by molar-refractivity contribution is 6.15. The van der Waals surface area contributed by atoms with E-state index in [0.717, 1.165) is 5.56 Å². The highest BCUT2D eigenvalue weighted by atomic mass is 35.5. The highest BCUT2D eigenvalue weighted by Crippen LogP contribution is 2.01. The van der Waals surface area contributed by atoms with Crippen LogP contribution in [0.5, 0.6) is 0 Å². The fourth-order valence-electron chi connectivity index (χ4n) is 0.628. The Morgan fingerprint density at radius 2 is 2.36 bits per heavy atom. The molecule has 0 aliphatic carbocycles. The number of rotatable bonds is 1. The average molecular weight is 172 g/mol. The standard InChI is InChI=1S/C7H6ClNO2/c1-5-2-3-6(9-4-5)7(10)11-8/h2-4H,1H3. The molecule has 1 rings (SSSR count). The molecule has 0 bridgehead atoms. The zero-order valence-electron chi connectivity index (χ0n) is 5.87. The van der Waals surface area contributed by atoms with Gasteiger partial charge in [-0.25, -0.2) is 9.78 Å². The van der Waals surface area contributed by atoms with Crippen molar-refractivity contribution in [2.45, 2.75) is 6.92 Å². The molecule has 0 aromatic carbocycles. The lowest BCUT2D eigenvalue weighted by Crippen LogP contribution is -2.00. The number of aromatic nitrogens is 1. The van der Waals surface area contributed by atoms with Crippen molar-refractivity contribution in [2.75, 3.05) is 0 Å². The molecule has 1 heterocycles. The van der Waals surface area contributed by atoms with E-state index in [1.807, 2.05) is 6.92 Å². The first kappa shape index (κ1) is 8.01. The van der Waals surface area contributed by atoms with Crippen molar-refractivity contribution < 1.29 is 9.08 Å². The van der Waals surface area contributed by atoms with E-state index in [9.17, 15) is 4.79 Å². The molecule has 0 spiro atoms. The largest absolute Gasteiger partial charge is 0.374 e. The van der Waals surface area contributed by atoms with Crippen molar-refractivity contribution in [3.8, 4) is 0 Å². The average Bonchev–Trinajstić information content (AvgIpc) is 2.05. The third kappa shape index (κ3) is 1.91. The van der Waals surface area contributed by atoms with Crippen molar-refractivity contribution in [2.24, 2.45) is 0 Å². The number of nitrogens with zero attached hydrogens (tertiary/aromatic N) is 1. The first-order valence-corrected chi connectivity index (χ1v) is 3.30. The van der Waals surface area contributed by atoms with Crippen molar-refractivity contribution >= 4 is 17.8 Å². The SMILES string of the molecule is Cc1ccc(C(=O)OCl)nc1. The Morgan fingerprint density at radius 3 is 2.82 bits per heavy atom. The number of carbonyl (C=O) groups excluding carboxylic acids is 1. The number of halogens is 1. The van der Waals surface area contributed by atoms with Crippen LogP contribution >= 0.6 is 11.9 Å². The second-order valence-electron chi connectivity index (χ2n) is 2.09. The number of pyridine rings is 1. The Balaban J connectivity index is 2.90. The van der Waals surface area contributed by atoms with Crippen LogP contribution in [-0.2, 0) is 4.29 Å². The van der Waals surface area contributed by atoms with Crippen molar-refractivity contribution in [1.29, 1.82) is 0 Å². The summed E-state index contributed by atoms with van der Waals surface area (Å²) >= 11 is 4.84. The third-order valence-electron chi connectivity index (χ3n) is 1.19. The molecular formula is C7H6ClNO2. The van der Waals surface area contributed by atoms with Crippen LogP contribution in [0.2, 0.25) is 0 Å². The molecule has 0 N–H and O–H groups in total. The van der Waals surface area contributed by atoms with Gasteiger partial charge in [0.2, 0.25) is 0 Å². The van der Waals surface area contributed by atoms with Crippen LogP contribution in [0.25, 0.3) is 0 Å². The molecular weight excluding hydrogens is 166 g/mol. The second-order valence-corrected chi connectivity index (χ2v) is 2.24. The van der Waals surface area contributed by atoms with E-state index in [2.05, 4.69) is 9.27 Å². The summed E-state index contributed by atoms with van der Waals surface area (Å²) in [5.74, 6) is -0.633. The molecule has 0 atom stereocenters. The molecule has 58 valence electrons. The van der Waals surface area contributed by atoms with Crippen LogP contribution in [-0.4, -0.2) is 11.0 Å². The van der Waals surface area contributed by atoms with Crippen LogP contribution in [0.1, 0.15) is 16.1 Å². The molecule has 3 nitrogen and oxygen atoms in total. The predicted molar refractivity (Wildman–Crippen MR) is 40.2 cm³/mol. The van der Waals surface area contributed by atoms with Gasteiger partial charge in [0.25, 0.3) is 0 Å². The second kappa shape index (κ2) is 3.34. The van der Waals surface area contributed by atoms with Gasteiger partial charge in [0, 0.05) is 6.20 Å².